The summed E-state index contributed by atoms with van der Waals surface area (Å²) in [5.41, 5.74) is 12.4. The molecule has 1 heterocycles. The molecule has 0 saturated carbocycles. The van der Waals surface area contributed by atoms with Crippen molar-refractivity contribution in [2.45, 2.75) is 49.1 Å². The zero-order chi connectivity index (χ0) is 35.2. The fourth-order valence-corrected chi connectivity index (χ4v) is 6.52. The lowest BCUT2D eigenvalue weighted by Crippen LogP contribution is -2.30. The maximum Gasteiger partial charge on any atom is 0.328 e. The van der Waals surface area contributed by atoms with Gasteiger partial charge in [0.1, 0.15) is 17.4 Å². The first-order valence-corrected chi connectivity index (χ1v) is 16.4. The standard InChI is InChI=1S/C33H34Cl2F2N6O4S/c1-33(2,19-6-11-23(34)27(15-19)47-3)28-16-41-32(43(28)21-9-7-20(36)8-10-21)48-17-22-24(35)13-18(14-25(22)37)29(44)40-12-4-5-26(30(45)46)42-31(38)39/h6-11,13-16,26H,4-5,12,17H2,1-3H3,(H,40,44)(H,45,46)(H4,38,39,42)/t26-/m0/s1. The number of carboxylic acids is 1. The molecule has 0 saturated heterocycles. The van der Waals surface area contributed by atoms with E-state index in [2.05, 4.69) is 15.3 Å². The Kier molecular flexibility index (Phi) is 11.9. The summed E-state index contributed by atoms with van der Waals surface area (Å²) in [6.45, 7) is 4.12. The third-order valence-corrected chi connectivity index (χ3v) is 9.23. The molecule has 4 rings (SSSR count). The summed E-state index contributed by atoms with van der Waals surface area (Å²) in [6.07, 6.45) is 2.06. The number of carbonyl (C=O) groups excluding carboxylic acids is 1. The molecule has 4 aromatic rings. The molecule has 48 heavy (non-hydrogen) atoms. The van der Waals surface area contributed by atoms with E-state index in [9.17, 15) is 19.1 Å². The Morgan fingerprint density at radius 3 is 2.44 bits per heavy atom. The Bertz CT molecular complexity index is 1810. The number of carboxylic acid groups (broad SMARTS) is 1. The van der Waals surface area contributed by atoms with E-state index in [0.717, 1.165) is 17.3 Å². The van der Waals surface area contributed by atoms with E-state index in [0.29, 0.717) is 21.6 Å². The zero-order valence-electron chi connectivity index (χ0n) is 26.3. The number of nitrogens with zero attached hydrogens (tertiary/aromatic N) is 3. The largest absolute Gasteiger partial charge is 0.495 e. The van der Waals surface area contributed by atoms with Gasteiger partial charge in [-0.15, -0.1) is 0 Å². The van der Waals surface area contributed by atoms with Crippen LogP contribution >= 0.6 is 35.0 Å². The number of hydrogen-bond donors (Lipinski definition) is 4. The highest BCUT2D eigenvalue weighted by Crippen LogP contribution is 2.39. The van der Waals surface area contributed by atoms with Crippen LogP contribution in [0, 0.1) is 11.6 Å². The zero-order valence-corrected chi connectivity index (χ0v) is 28.6. The maximum atomic E-state index is 15.4. The predicted molar refractivity (Wildman–Crippen MR) is 183 cm³/mol. The number of imidazole rings is 1. The molecule has 15 heteroatoms. The number of methoxy groups -OCH3 is 1. The van der Waals surface area contributed by atoms with Gasteiger partial charge in [0.05, 0.1) is 24.0 Å². The van der Waals surface area contributed by atoms with Crippen molar-refractivity contribution < 1.29 is 28.2 Å². The van der Waals surface area contributed by atoms with Crippen LogP contribution in [0.1, 0.15) is 53.9 Å². The number of thioether (sulfide) groups is 1. The van der Waals surface area contributed by atoms with Crippen LogP contribution in [-0.4, -0.2) is 52.2 Å². The van der Waals surface area contributed by atoms with Crippen LogP contribution in [0.15, 0.2) is 70.9 Å². The summed E-state index contributed by atoms with van der Waals surface area (Å²) in [6, 6.07) is 12.8. The number of carbonyl (C=O) groups is 2. The van der Waals surface area contributed by atoms with Gasteiger partial charge >= 0.3 is 5.97 Å². The number of amides is 1. The molecule has 1 aromatic heterocycles. The molecule has 0 aliphatic carbocycles. The number of halogens is 4. The predicted octanol–water partition coefficient (Wildman–Crippen LogP) is 6.32. The number of rotatable bonds is 14. The lowest BCUT2D eigenvalue weighted by atomic mass is 9.81. The number of benzene rings is 3. The van der Waals surface area contributed by atoms with Crippen molar-refractivity contribution in [3.05, 3.63) is 105 Å². The van der Waals surface area contributed by atoms with Gasteiger partial charge in [-0.1, -0.05) is 54.9 Å². The van der Waals surface area contributed by atoms with E-state index in [1.807, 2.05) is 30.5 Å². The molecule has 1 atom stereocenters. The average molecular weight is 720 g/mol. The molecule has 0 fully saturated rings. The van der Waals surface area contributed by atoms with Crippen molar-refractivity contribution in [3.8, 4) is 11.4 Å². The summed E-state index contributed by atoms with van der Waals surface area (Å²) in [5.74, 6) is -2.63. The monoisotopic (exact) mass is 718 g/mol. The first kappa shape index (κ1) is 36.5. The fourth-order valence-electron chi connectivity index (χ4n) is 4.95. The van der Waals surface area contributed by atoms with Gasteiger partial charge in [0.15, 0.2) is 17.2 Å². The van der Waals surface area contributed by atoms with Gasteiger partial charge in [0, 0.05) is 39.5 Å². The Balaban J connectivity index is 1.55. The van der Waals surface area contributed by atoms with Gasteiger partial charge in [-0.3, -0.25) is 9.36 Å². The SMILES string of the molecule is COc1cc(C(C)(C)c2cnc(SCc3c(F)cc(C(=O)NCCC[C@H](N=C(N)N)C(=O)O)cc3Cl)n2-c2ccc(F)cc2)ccc1Cl. The topological polar surface area (TPSA) is 158 Å². The van der Waals surface area contributed by atoms with E-state index in [1.165, 1.54) is 37.1 Å². The summed E-state index contributed by atoms with van der Waals surface area (Å²) in [7, 11) is 1.54. The van der Waals surface area contributed by atoms with Crippen molar-refractivity contribution in [1.82, 2.24) is 14.9 Å². The third kappa shape index (κ3) is 8.57. The van der Waals surface area contributed by atoms with Gasteiger partial charge < -0.3 is 26.6 Å². The van der Waals surface area contributed by atoms with Gasteiger partial charge in [0.2, 0.25) is 0 Å². The smallest absolute Gasteiger partial charge is 0.328 e. The average Bonchev–Trinajstić information content (AvgIpc) is 3.47. The van der Waals surface area contributed by atoms with Crippen LogP contribution in [0.2, 0.25) is 10.0 Å². The van der Waals surface area contributed by atoms with Crippen molar-refractivity contribution in [2.75, 3.05) is 13.7 Å². The minimum Gasteiger partial charge on any atom is -0.495 e. The highest BCUT2D eigenvalue weighted by molar-refractivity contribution is 7.98. The summed E-state index contributed by atoms with van der Waals surface area (Å²) < 4.78 is 36.6. The molecule has 3 aromatic carbocycles. The Morgan fingerprint density at radius 1 is 1.10 bits per heavy atom. The fraction of sp³-hybridized carbons (Fsp3) is 0.273. The normalized spacial score (nSPS) is 12.0. The summed E-state index contributed by atoms with van der Waals surface area (Å²) >= 11 is 14.0. The Morgan fingerprint density at radius 2 is 1.81 bits per heavy atom. The minimum absolute atomic E-state index is 0.000462. The van der Waals surface area contributed by atoms with Crippen LogP contribution in [-0.2, 0) is 16.0 Å². The molecule has 0 spiro atoms. The van der Waals surface area contributed by atoms with Crippen LogP contribution in [0.4, 0.5) is 8.78 Å². The highest BCUT2D eigenvalue weighted by atomic mass is 35.5. The van der Waals surface area contributed by atoms with E-state index < -0.39 is 35.0 Å². The summed E-state index contributed by atoms with van der Waals surface area (Å²) in [4.78, 5) is 32.3. The Labute approximate surface area is 290 Å². The molecular formula is C33H34Cl2F2N6O4S. The molecule has 0 unspecified atom stereocenters. The van der Waals surface area contributed by atoms with E-state index in [-0.39, 0.29) is 47.2 Å². The molecule has 0 aliphatic heterocycles. The number of ether oxygens (including phenoxy) is 1. The lowest BCUT2D eigenvalue weighted by molar-refractivity contribution is -0.138. The second-order valence-electron chi connectivity index (χ2n) is 11.2. The number of hydrogen-bond acceptors (Lipinski definition) is 6. The maximum absolute atomic E-state index is 15.4. The number of nitrogens with two attached hydrogens (primary N) is 2. The first-order chi connectivity index (χ1) is 22.7. The van der Waals surface area contributed by atoms with E-state index in [1.54, 1.807) is 24.4 Å². The van der Waals surface area contributed by atoms with Gasteiger partial charge in [0.25, 0.3) is 5.91 Å². The molecule has 6 N–H and O–H groups in total. The van der Waals surface area contributed by atoms with Crippen LogP contribution < -0.4 is 21.5 Å². The van der Waals surface area contributed by atoms with Crippen molar-refractivity contribution in [3.63, 3.8) is 0 Å². The van der Waals surface area contributed by atoms with Gasteiger partial charge in [-0.25, -0.2) is 23.6 Å². The third-order valence-electron chi connectivity index (χ3n) is 7.61. The number of nitrogens with one attached hydrogen (secondary N) is 1. The highest BCUT2D eigenvalue weighted by Gasteiger charge is 2.30. The molecule has 0 bridgehead atoms. The minimum atomic E-state index is -1.20. The molecule has 1 amide bonds. The number of aromatic nitrogens is 2. The second-order valence-corrected chi connectivity index (χ2v) is 13.0. The summed E-state index contributed by atoms with van der Waals surface area (Å²) in [5, 5.41) is 12.8. The van der Waals surface area contributed by atoms with E-state index in [4.69, 9.17) is 39.4 Å². The number of aliphatic carboxylic acids is 1. The van der Waals surface area contributed by atoms with Crippen LogP contribution in [0.5, 0.6) is 5.75 Å². The number of guanidine groups is 1. The quantitative estimate of drug-likeness (QED) is 0.0511. The van der Waals surface area contributed by atoms with Gasteiger partial charge in [-0.05, 0) is 66.9 Å². The van der Waals surface area contributed by atoms with E-state index >= 15 is 4.39 Å². The van der Waals surface area contributed by atoms with Crippen LogP contribution in [0.3, 0.4) is 0 Å². The van der Waals surface area contributed by atoms with Crippen molar-refractivity contribution in [1.29, 1.82) is 0 Å². The molecule has 0 radical (unpaired) electrons. The van der Waals surface area contributed by atoms with Crippen molar-refractivity contribution >= 4 is 52.8 Å². The van der Waals surface area contributed by atoms with Crippen LogP contribution in [0.25, 0.3) is 5.69 Å². The van der Waals surface area contributed by atoms with Crippen molar-refractivity contribution in [2.24, 2.45) is 16.5 Å². The first-order valence-electron chi connectivity index (χ1n) is 14.6. The molecular weight excluding hydrogens is 685 g/mol. The van der Waals surface area contributed by atoms with Gasteiger partial charge in [-0.2, -0.15) is 0 Å². The molecule has 10 nitrogen and oxygen atoms in total. The lowest BCUT2D eigenvalue weighted by Gasteiger charge is -2.28. The molecule has 0 aliphatic rings. The Hall–Kier alpha value is -4.33. The molecule has 254 valence electrons. The number of aliphatic imine (C=N–C) groups is 1. The second kappa shape index (κ2) is 15.7.